The Morgan fingerprint density at radius 2 is 2.26 bits per heavy atom. The molecule has 98 valence electrons. The average molecular weight is 276 g/mol. The number of hydrogen-bond donors (Lipinski definition) is 2. The Labute approximate surface area is 112 Å². The Morgan fingerprint density at radius 1 is 1.53 bits per heavy atom. The second kappa shape index (κ2) is 4.31. The zero-order valence-electron chi connectivity index (χ0n) is 10.3. The first-order valence-corrected chi connectivity index (χ1v) is 6.83. The van der Waals surface area contributed by atoms with Crippen LogP contribution in [0.2, 0.25) is 0 Å². The summed E-state index contributed by atoms with van der Waals surface area (Å²) in [5.74, 6) is 0.0678. The van der Waals surface area contributed by atoms with E-state index in [2.05, 4.69) is 9.97 Å². The molecule has 2 heterocycles. The standard InChI is InChI=1S/C13H12N2O3S/c1-6-9-11(16)14-8(5-4-7-2-3-7)15-12(9)19-10(6)13(17)18/h4-5,7H,2-3H2,1H3,(H,17,18)(H,14,15,16)/b5-4+. The second-order valence-corrected chi connectivity index (χ2v) is 5.69. The summed E-state index contributed by atoms with van der Waals surface area (Å²) in [5, 5.41) is 9.45. The summed E-state index contributed by atoms with van der Waals surface area (Å²) in [6, 6.07) is 0. The first-order chi connectivity index (χ1) is 9.06. The van der Waals surface area contributed by atoms with Crippen LogP contribution in [0.3, 0.4) is 0 Å². The van der Waals surface area contributed by atoms with Crippen molar-refractivity contribution in [2.75, 3.05) is 0 Å². The van der Waals surface area contributed by atoms with E-state index in [1.807, 2.05) is 6.08 Å². The van der Waals surface area contributed by atoms with Crippen LogP contribution in [0, 0.1) is 12.8 Å². The normalized spacial score (nSPS) is 15.4. The van der Waals surface area contributed by atoms with Gasteiger partial charge < -0.3 is 10.1 Å². The third kappa shape index (κ3) is 2.19. The number of hydrogen-bond acceptors (Lipinski definition) is 4. The molecule has 2 aromatic rings. The SMILES string of the molecule is Cc1c(C(=O)O)sc2nc(/C=C/C3CC3)[nH]c(=O)c12. The van der Waals surface area contributed by atoms with Crippen LogP contribution in [-0.4, -0.2) is 21.0 Å². The van der Waals surface area contributed by atoms with E-state index in [9.17, 15) is 9.59 Å². The minimum atomic E-state index is -1.02. The van der Waals surface area contributed by atoms with Gasteiger partial charge in [0.15, 0.2) is 0 Å². The molecule has 1 aliphatic carbocycles. The van der Waals surface area contributed by atoms with Gasteiger partial charge in [0.25, 0.3) is 5.56 Å². The molecule has 0 saturated heterocycles. The molecule has 2 aromatic heterocycles. The molecule has 2 N–H and O–H groups in total. The van der Waals surface area contributed by atoms with Gasteiger partial charge in [-0.05, 0) is 37.3 Å². The fourth-order valence-electron chi connectivity index (χ4n) is 1.96. The van der Waals surface area contributed by atoms with Crippen LogP contribution in [0.25, 0.3) is 16.3 Å². The highest BCUT2D eigenvalue weighted by Gasteiger charge is 2.19. The quantitative estimate of drug-likeness (QED) is 0.901. The van der Waals surface area contributed by atoms with Crippen molar-refractivity contribution in [3.05, 3.63) is 32.7 Å². The smallest absolute Gasteiger partial charge is 0.346 e. The summed E-state index contributed by atoms with van der Waals surface area (Å²) < 4.78 is 0. The maximum Gasteiger partial charge on any atom is 0.346 e. The van der Waals surface area contributed by atoms with E-state index in [0.717, 1.165) is 11.3 Å². The molecule has 0 aliphatic heterocycles. The monoisotopic (exact) mass is 276 g/mol. The van der Waals surface area contributed by atoms with Crippen molar-refractivity contribution < 1.29 is 9.90 Å². The van der Waals surface area contributed by atoms with Crippen LogP contribution in [-0.2, 0) is 0 Å². The first-order valence-electron chi connectivity index (χ1n) is 6.01. The second-order valence-electron chi connectivity index (χ2n) is 4.69. The molecule has 6 heteroatoms. The number of carboxylic acid groups (broad SMARTS) is 1. The van der Waals surface area contributed by atoms with Gasteiger partial charge in [-0.1, -0.05) is 6.08 Å². The number of nitrogens with zero attached hydrogens (tertiary/aromatic N) is 1. The number of carboxylic acids is 1. The number of fused-ring (bicyclic) bond motifs is 1. The van der Waals surface area contributed by atoms with Crippen LogP contribution in [0.15, 0.2) is 10.9 Å². The van der Waals surface area contributed by atoms with Crippen LogP contribution in [0.4, 0.5) is 0 Å². The lowest BCUT2D eigenvalue weighted by Crippen LogP contribution is -2.09. The zero-order chi connectivity index (χ0) is 13.6. The number of aromatic nitrogens is 2. The molecule has 1 aliphatic rings. The molecule has 5 nitrogen and oxygen atoms in total. The van der Waals surface area contributed by atoms with Crippen molar-refractivity contribution in [3.63, 3.8) is 0 Å². The van der Waals surface area contributed by atoms with Gasteiger partial charge in [-0.15, -0.1) is 11.3 Å². The molecular formula is C13H12N2O3S. The minimum absolute atomic E-state index is 0.177. The lowest BCUT2D eigenvalue weighted by Gasteiger charge is -1.94. The van der Waals surface area contributed by atoms with Crippen molar-refractivity contribution in [1.29, 1.82) is 0 Å². The number of allylic oxidation sites excluding steroid dienone is 1. The van der Waals surface area contributed by atoms with Crippen molar-refractivity contribution in [3.8, 4) is 0 Å². The summed E-state index contributed by atoms with van der Waals surface area (Å²) in [7, 11) is 0. The minimum Gasteiger partial charge on any atom is -0.477 e. The number of carbonyl (C=O) groups is 1. The van der Waals surface area contributed by atoms with E-state index in [1.54, 1.807) is 13.0 Å². The number of H-pyrrole nitrogens is 1. The molecule has 1 fully saturated rings. The predicted molar refractivity (Wildman–Crippen MR) is 73.7 cm³/mol. The number of rotatable bonds is 3. The summed E-state index contributed by atoms with van der Waals surface area (Å²) in [4.78, 5) is 30.7. The fraction of sp³-hybridized carbons (Fsp3) is 0.308. The lowest BCUT2D eigenvalue weighted by atomic mass is 10.2. The van der Waals surface area contributed by atoms with Crippen molar-refractivity contribution >= 4 is 33.6 Å². The highest BCUT2D eigenvalue weighted by atomic mass is 32.1. The van der Waals surface area contributed by atoms with Gasteiger partial charge >= 0.3 is 5.97 Å². The first kappa shape index (κ1) is 12.1. The van der Waals surface area contributed by atoms with Gasteiger partial charge in [0.2, 0.25) is 0 Å². The van der Waals surface area contributed by atoms with Crippen LogP contribution >= 0.6 is 11.3 Å². The van der Waals surface area contributed by atoms with E-state index >= 15 is 0 Å². The maximum atomic E-state index is 12.0. The topological polar surface area (TPSA) is 83.0 Å². The molecule has 0 aromatic carbocycles. The van der Waals surface area contributed by atoms with Crippen LogP contribution in [0.1, 0.15) is 33.9 Å². The molecule has 19 heavy (non-hydrogen) atoms. The molecule has 0 spiro atoms. The van der Waals surface area contributed by atoms with E-state index in [1.165, 1.54) is 12.8 Å². The molecular weight excluding hydrogens is 264 g/mol. The van der Waals surface area contributed by atoms with E-state index < -0.39 is 5.97 Å². The van der Waals surface area contributed by atoms with Crippen molar-refractivity contribution in [2.45, 2.75) is 19.8 Å². The van der Waals surface area contributed by atoms with Crippen molar-refractivity contribution in [2.24, 2.45) is 5.92 Å². The molecule has 1 saturated carbocycles. The molecule has 3 rings (SSSR count). The van der Waals surface area contributed by atoms with Crippen LogP contribution < -0.4 is 5.56 Å². The summed E-state index contributed by atoms with van der Waals surface area (Å²) in [6.07, 6.45) is 6.20. The molecule has 0 radical (unpaired) electrons. The highest BCUT2D eigenvalue weighted by Crippen LogP contribution is 2.31. The Morgan fingerprint density at radius 3 is 2.89 bits per heavy atom. The summed E-state index contributed by atoms with van der Waals surface area (Å²) in [6.45, 7) is 1.64. The Balaban J connectivity index is 2.14. The predicted octanol–water partition coefficient (Wildman–Crippen LogP) is 2.41. The molecule has 0 amide bonds. The fourth-order valence-corrected chi connectivity index (χ4v) is 2.99. The molecule has 0 unspecified atom stereocenters. The number of aromatic amines is 1. The lowest BCUT2D eigenvalue weighted by molar-refractivity contribution is 0.0701. The summed E-state index contributed by atoms with van der Waals surface area (Å²) in [5.41, 5.74) is 0.209. The number of nitrogens with one attached hydrogen (secondary N) is 1. The van der Waals surface area contributed by atoms with Gasteiger partial charge in [0.1, 0.15) is 15.5 Å². The average Bonchev–Trinajstić information content (AvgIpc) is 3.10. The number of thiophene rings is 1. The van der Waals surface area contributed by atoms with Gasteiger partial charge in [0.05, 0.1) is 5.39 Å². The van der Waals surface area contributed by atoms with Gasteiger partial charge in [-0.25, -0.2) is 9.78 Å². The Kier molecular flexibility index (Phi) is 2.74. The Bertz CT molecular complexity index is 753. The maximum absolute atomic E-state index is 12.0. The third-order valence-corrected chi connectivity index (χ3v) is 4.34. The number of aromatic carboxylic acids is 1. The largest absolute Gasteiger partial charge is 0.477 e. The van der Waals surface area contributed by atoms with Gasteiger partial charge in [-0.2, -0.15) is 0 Å². The van der Waals surface area contributed by atoms with E-state index in [0.29, 0.717) is 27.5 Å². The highest BCUT2D eigenvalue weighted by molar-refractivity contribution is 7.20. The molecule has 0 atom stereocenters. The Hall–Kier alpha value is -1.95. The van der Waals surface area contributed by atoms with E-state index in [4.69, 9.17) is 5.11 Å². The van der Waals surface area contributed by atoms with Gasteiger partial charge in [0, 0.05) is 0 Å². The third-order valence-electron chi connectivity index (χ3n) is 3.16. The van der Waals surface area contributed by atoms with Crippen LogP contribution in [0.5, 0.6) is 0 Å². The van der Waals surface area contributed by atoms with Gasteiger partial charge in [-0.3, -0.25) is 4.79 Å². The van der Waals surface area contributed by atoms with Crippen molar-refractivity contribution in [1.82, 2.24) is 9.97 Å². The zero-order valence-corrected chi connectivity index (χ0v) is 11.1. The van der Waals surface area contributed by atoms with E-state index in [-0.39, 0.29) is 10.4 Å². The number of aryl methyl sites for hydroxylation is 1. The molecule has 0 bridgehead atoms. The summed E-state index contributed by atoms with van der Waals surface area (Å²) >= 11 is 1.05.